The number of aromatic carboxylic acids is 1. The van der Waals surface area contributed by atoms with Gasteiger partial charge in [0.2, 0.25) is 0 Å². The van der Waals surface area contributed by atoms with Gasteiger partial charge in [0.1, 0.15) is 24.4 Å². The van der Waals surface area contributed by atoms with Gasteiger partial charge in [-0.15, -0.1) is 0 Å². The van der Waals surface area contributed by atoms with Crippen LogP contribution in [0.2, 0.25) is 0 Å². The Balaban J connectivity index is 2.14. The molecule has 0 aliphatic carbocycles. The van der Waals surface area contributed by atoms with E-state index in [1.54, 1.807) is 12.1 Å². The average Bonchev–Trinajstić information content (AvgIpc) is 2.86. The van der Waals surface area contributed by atoms with E-state index in [2.05, 4.69) is 6.07 Å². The largest absolute Gasteiger partial charge is 0.485 e. The summed E-state index contributed by atoms with van der Waals surface area (Å²) in [6.07, 6.45) is 1.18. The third-order valence-corrected chi connectivity index (χ3v) is 2.85. The van der Waals surface area contributed by atoms with E-state index >= 15 is 0 Å². The van der Waals surface area contributed by atoms with Crippen LogP contribution in [0.4, 0.5) is 0 Å². The molecule has 2 rings (SSSR count). The van der Waals surface area contributed by atoms with Crippen LogP contribution in [-0.4, -0.2) is 11.1 Å². The quantitative estimate of drug-likeness (QED) is 0.923. The Morgan fingerprint density at radius 3 is 2.50 bits per heavy atom. The lowest BCUT2D eigenvalue weighted by molar-refractivity contribution is 0.0696. The number of nitrogens with zero attached hydrogens (tertiary/aromatic N) is 1. The molecule has 0 saturated carbocycles. The molecular weight excluding hydrogens is 258 g/mol. The number of carbonyl (C=O) groups is 1. The van der Waals surface area contributed by atoms with Crippen molar-refractivity contribution in [3.63, 3.8) is 0 Å². The van der Waals surface area contributed by atoms with Crippen LogP contribution in [0.15, 0.2) is 28.9 Å². The number of nitriles is 1. The zero-order chi connectivity index (χ0) is 14.7. The zero-order valence-corrected chi connectivity index (χ0v) is 11.1. The minimum Gasteiger partial charge on any atom is -0.485 e. The molecule has 0 amide bonds. The van der Waals surface area contributed by atoms with E-state index in [1.165, 1.54) is 12.3 Å². The minimum absolute atomic E-state index is 0.0943. The highest BCUT2D eigenvalue weighted by atomic mass is 16.5. The molecule has 5 nitrogen and oxygen atoms in total. The lowest BCUT2D eigenvalue weighted by atomic mass is 10.1. The molecule has 1 aromatic heterocycles. The fraction of sp³-hybridized carbons (Fsp3) is 0.200. The summed E-state index contributed by atoms with van der Waals surface area (Å²) in [4.78, 5) is 10.7. The first-order valence-corrected chi connectivity index (χ1v) is 5.96. The van der Waals surface area contributed by atoms with Crippen molar-refractivity contribution in [1.82, 2.24) is 0 Å². The normalized spacial score (nSPS) is 10.1. The predicted molar refractivity (Wildman–Crippen MR) is 70.6 cm³/mol. The van der Waals surface area contributed by atoms with E-state index < -0.39 is 5.97 Å². The maximum atomic E-state index is 10.7. The second-order valence-corrected chi connectivity index (χ2v) is 4.45. The van der Waals surface area contributed by atoms with Gasteiger partial charge in [-0.3, -0.25) is 0 Å². The average molecular weight is 271 g/mol. The number of ether oxygens (including phenoxy) is 1. The third-order valence-electron chi connectivity index (χ3n) is 2.85. The molecule has 1 aromatic carbocycles. The van der Waals surface area contributed by atoms with Crippen LogP contribution in [0, 0.1) is 25.2 Å². The molecular formula is C15H13NO4. The Kier molecular flexibility index (Phi) is 3.76. The molecule has 0 spiro atoms. The van der Waals surface area contributed by atoms with Crippen molar-refractivity contribution >= 4 is 5.97 Å². The Bertz CT molecular complexity index is 671. The number of hydrogen-bond donors (Lipinski definition) is 1. The number of furan rings is 1. The van der Waals surface area contributed by atoms with Crippen LogP contribution in [0.5, 0.6) is 5.75 Å². The van der Waals surface area contributed by atoms with Gasteiger partial charge >= 0.3 is 5.97 Å². The van der Waals surface area contributed by atoms with Gasteiger partial charge in [-0.2, -0.15) is 5.26 Å². The van der Waals surface area contributed by atoms with E-state index in [1.807, 2.05) is 13.8 Å². The van der Waals surface area contributed by atoms with Gasteiger partial charge < -0.3 is 14.3 Å². The number of carboxylic acid groups (broad SMARTS) is 1. The van der Waals surface area contributed by atoms with Crippen molar-refractivity contribution < 1.29 is 19.1 Å². The smallest absolute Gasteiger partial charge is 0.338 e. The number of carboxylic acids is 1. The van der Waals surface area contributed by atoms with Crippen LogP contribution in [0.25, 0.3) is 0 Å². The van der Waals surface area contributed by atoms with Crippen molar-refractivity contribution in [3.05, 3.63) is 52.5 Å². The first-order valence-electron chi connectivity index (χ1n) is 5.96. The maximum Gasteiger partial charge on any atom is 0.338 e. The monoisotopic (exact) mass is 271 g/mol. The summed E-state index contributed by atoms with van der Waals surface area (Å²) in [6, 6.07) is 7.00. The topological polar surface area (TPSA) is 83.5 Å². The van der Waals surface area contributed by atoms with Gasteiger partial charge in [-0.05, 0) is 43.2 Å². The molecule has 1 N–H and O–H groups in total. The Morgan fingerprint density at radius 2 is 2.00 bits per heavy atom. The van der Waals surface area contributed by atoms with E-state index in [-0.39, 0.29) is 12.2 Å². The third kappa shape index (κ3) is 2.81. The van der Waals surface area contributed by atoms with Crippen molar-refractivity contribution in [2.75, 3.05) is 0 Å². The van der Waals surface area contributed by atoms with Crippen LogP contribution in [0.3, 0.4) is 0 Å². The summed E-state index contributed by atoms with van der Waals surface area (Å²) in [5.74, 6) is 0.0774. The lowest BCUT2D eigenvalue weighted by Crippen LogP contribution is -1.99. The van der Waals surface area contributed by atoms with Crippen molar-refractivity contribution in [2.24, 2.45) is 0 Å². The van der Waals surface area contributed by atoms with E-state index in [0.717, 1.165) is 11.1 Å². The van der Waals surface area contributed by atoms with E-state index in [0.29, 0.717) is 17.1 Å². The van der Waals surface area contributed by atoms with Crippen molar-refractivity contribution in [3.8, 4) is 11.8 Å². The Labute approximate surface area is 116 Å². The summed E-state index contributed by atoms with van der Waals surface area (Å²) < 4.78 is 10.8. The second kappa shape index (κ2) is 5.49. The highest BCUT2D eigenvalue weighted by molar-refractivity contribution is 5.87. The van der Waals surface area contributed by atoms with E-state index in [4.69, 9.17) is 19.5 Å². The van der Waals surface area contributed by atoms with Gasteiger partial charge in [0.05, 0.1) is 17.2 Å². The standard InChI is InChI=1S/C15H13NO4/c1-9-3-11(6-16)4-10(2)14(9)20-8-13-5-12(7-19-13)15(17)18/h3-5,7H,8H2,1-2H3,(H,17,18). The molecule has 0 aliphatic heterocycles. The molecule has 0 bridgehead atoms. The first-order chi connectivity index (χ1) is 9.51. The first kappa shape index (κ1) is 13.7. The summed E-state index contributed by atoms with van der Waals surface area (Å²) in [6.45, 7) is 3.85. The Morgan fingerprint density at radius 1 is 1.35 bits per heavy atom. The molecule has 0 fully saturated rings. The van der Waals surface area contributed by atoms with E-state index in [9.17, 15) is 4.79 Å². The molecule has 0 unspecified atom stereocenters. The summed E-state index contributed by atoms with van der Waals surface area (Å²) >= 11 is 0. The van der Waals surface area contributed by atoms with Gasteiger partial charge in [-0.25, -0.2) is 4.79 Å². The molecule has 20 heavy (non-hydrogen) atoms. The maximum absolute atomic E-state index is 10.7. The Hall–Kier alpha value is -2.74. The zero-order valence-electron chi connectivity index (χ0n) is 11.1. The number of aryl methyl sites for hydroxylation is 2. The SMILES string of the molecule is Cc1cc(C#N)cc(C)c1OCc1cc(C(=O)O)co1. The fourth-order valence-electron chi connectivity index (χ4n) is 1.95. The summed E-state index contributed by atoms with van der Waals surface area (Å²) in [7, 11) is 0. The molecule has 5 heteroatoms. The van der Waals surface area contributed by atoms with Crippen LogP contribution in [0.1, 0.15) is 32.8 Å². The van der Waals surface area contributed by atoms with Crippen molar-refractivity contribution in [1.29, 1.82) is 5.26 Å². The molecule has 0 aliphatic rings. The van der Waals surface area contributed by atoms with Crippen LogP contribution < -0.4 is 4.74 Å². The summed E-state index contributed by atoms with van der Waals surface area (Å²) in [5, 5.41) is 17.7. The van der Waals surface area contributed by atoms with Gasteiger partial charge in [0.15, 0.2) is 0 Å². The second-order valence-electron chi connectivity index (χ2n) is 4.45. The predicted octanol–water partition coefficient (Wildman–Crippen LogP) is 3.05. The molecule has 2 aromatic rings. The molecule has 1 heterocycles. The van der Waals surface area contributed by atoms with Crippen molar-refractivity contribution in [2.45, 2.75) is 20.5 Å². The van der Waals surface area contributed by atoms with Gasteiger partial charge in [0, 0.05) is 0 Å². The van der Waals surface area contributed by atoms with Crippen LogP contribution >= 0.6 is 0 Å². The number of benzene rings is 1. The molecule has 0 atom stereocenters. The molecule has 0 radical (unpaired) electrons. The summed E-state index contributed by atoms with van der Waals surface area (Å²) in [5.41, 5.74) is 2.38. The lowest BCUT2D eigenvalue weighted by Gasteiger charge is -2.11. The fourth-order valence-corrected chi connectivity index (χ4v) is 1.95. The highest BCUT2D eigenvalue weighted by Gasteiger charge is 2.11. The van der Waals surface area contributed by atoms with Gasteiger partial charge in [-0.1, -0.05) is 0 Å². The molecule has 0 saturated heterocycles. The van der Waals surface area contributed by atoms with Gasteiger partial charge in [0.25, 0.3) is 0 Å². The minimum atomic E-state index is -1.04. The highest BCUT2D eigenvalue weighted by Crippen LogP contribution is 2.25. The number of rotatable bonds is 4. The number of hydrogen-bond acceptors (Lipinski definition) is 4. The van der Waals surface area contributed by atoms with Crippen LogP contribution in [-0.2, 0) is 6.61 Å². The molecule has 102 valence electrons.